The van der Waals surface area contributed by atoms with Gasteiger partial charge in [0.25, 0.3) is 5.91 Å². The van der Waals surface area contributed by atoms with Crippen LogP contribution in [0.2, 0.25) is 0 Å². The fourth-order valence-corrected chi connectivity index (χ4v) is 7.82. The lowest BCUT2D eigenvalue weighted by Crippen LogP contribution is -2.60. The highest BCUT2D eigenvalue weighted by Crippen LogP contribution is 2.30. The number of thiazole rings is 1. The van der Waals surface area contributed by atoms with Crippen molar-refractivity contribution in [1.82, 2.24) is 30.7 Å². The number of esters is 1. The van der Waals surface area contributed by atoms with Crippen LogP contribution in [-0.2, 0) is 30.3 Å². The van der Waals surface area contributed by atoms with Crippen molar-refractivity contribution in [2.45, 2.75) is 117 Å². The Kier molecular flexibility index (Phi) is 15.8. The van der Waals surface area contributed by atoms with Crippen LogP contribution >= 0.6 is 11.3 Å². The molecule has 13 heteroatoms. The Labute approximate surface area is 313 Å². The predicted molar refractivity (Wildman–Crippen MR) is 204 cm³/mol. The molecule has 6 unspecified atom stereocenters. The number of rotatable bonds is 18. The van der Waals surface area contributed by atoms with Crippen LogP contribution in [0.5, 0.6) is 0 Å². The van der Waals surface area contributed by atoms with Crippen molar-refractivity contribution in [3.05, 3.63) is 52.0 Å². The smallest absolute Gasteiger partial charge is 0.308 e. The summed E-state index contributed by atoms with van der Waals surface area (Å²) in [6.07, 6.45) is 3.60. The first-order valence-corrected chi connectivity index (χ1v) is 19.3. The summed E-state index contributed by atoms with van der Waals surface area (Å²) < 4.78 is 4.93. The van der Waals surface area contributed by atoms with Crippen molar-refractivity contribution in [2.75, 3.05) is 27.7 Å². The van der Waals surface area contributed by atoms with Crippen LogP contribution in [-0.4, -0.2) is 95.8 Å². The number of nitrogens with one attached hydrogen (secondary N) is 3. The number of ether oxygens (including phenoxy) is 1. The van der Waals surface area contributed by atoms with Crippen LogP contribution in [0.15, 0.2) is 35.7 Å². The van der Waals surface area contributed by atoms with Gasteiger partial charge in [-0.05, 0) is 70.0 Å². The van der Waals surface area contributed by atoms with E-state index in [0.717, 1.165) is 24.9 Å². The number of amides is 4. The zero-order chi connectivity index (χ0) is 38.7. The fourth-order valence-electron chi connectivity index (χ4n) is 6.96. The highest BCUT2D eigenvalue weighted by Gasteiger charge is 2.44. The minimum Gasteiger partial charge on any atom is -0.469 e. The number of hydrogen-bond donors (Lipinski definition) is 3. The molecule has 0 spiro atoms. The molecule has 1 saturated heterocycles. The molecule has 1 fully saturated rings. The molecule has 12 nitrogen and oxygen atoms in total. The van der Waals surface area contributed by atoms with Gasteiger partial charge in [0.1, 0.15) is 16.7 Å². The first-order chi connectivity index (χ1) is 24.5. The number of carbonyl (C=O) groups excluding carboxylic acids is 5. The summed E-state index contributed by atoms with van der Waals surface area (Å²) in [6, 6.07) is 7.75. The SMILES string of the molecule is CCC(C)C(NC(=O)[C@@]1(C)CCCN1C)C(=O)N(C)C(CC(NC(C)=O)c1nc(C(=O)NC(Cc2ccccc2)CC(C)C(=O)OC)cs1)C(C)C. The largest absolute Gasteiger partial charge is 0.469 e. The zero-order valence-corrected chi connectivity index (χ0v) is 33.5. The number of methoxy groups -OCH3 is 1. The standard InChI is InChI=1S/C39H60N6O6S/c1-11-25(4)33(43-38(50)39(7)18-15-19-44(39)8)36(48)45(9)32(24(2)3)22-30(40-27(6)46)35-42-31(23-52-35)34(47)41-29(20-26(5)37(49)51-10)21-28-16-13-12-14-17-28/h12-14,16-17,23-26,29-30,32-33H,11,15,18-22H2,1-10H3,(H,40,46)(H,41,47)(H,43,50)/t25?,26?,29?,30?,32?,33?,39-/m1/s1. The average molecular weight is 741 g/mol. The summed E-state index contributed by atoms with van der Waals surface area (Å²) in [7, 11) is 5.05. The van der Waals surface area contributed by atoms with Crippen LogP contribution < -0.4 is 16.0 Å². The molecule has 3 rings (SSSR count). The number of hydrogen-bond acceptors (Lipinski definition) is 9. The molecular weight excluding hydrogens is 681 g/mol. The van der Waals surface area contributed by atoms with Gasteiger partial charge in [-0.25, -0.2) is 4.98 Å². The maximum atomic E-state index is 14.2. The molecule has 2 heterocycles. The molecule has 0 bridgehead atoms. The van der Waals surface area contributed by atoms with E-state index in [1.54, 1.807) is 24.3 Å². The van der Waals surface area contributed by atoms with Crippen molar-refractivity contribution < 1.29 is 28.7 Å². The maximum Gasteiger partial charge on any atom is 0.308 e. The van der Waals surface area contributed by atoms with E-state index in [1.807, 2.05) is 76.9 Å². The maximum absolute atomic E-state index is 14.2. The predicted octanol–water partition coefficient (Wildman–Crippen LogP) is 4.75. The molecule has 52 heavy (non-hydrogen) atoms. The summed E-state index contributed by atoms with van der Waals surface area (Å²) in [5.74, 6) is -1.86. The third-order valence-corrected chi connectivity index (χ3v) is 11.6. The van der Waals surface area contributed by atoms with Crippen molar-refractivity contribution in [3.8, 4) is 0 Å². The number of likely N-dealkylation sites (N-methyl/N-ethyl adjacent to an activating group) is 2. The van der Waals surface area contributed by atoms with E-state index in [0.29, 0.717) is 30.7 Å². The van der Waals surface area contributed by atoms with Crippen LogP contribution in [0.1, 0.15) is 108 Å². The van der Waals surface area contributed by atoms with E-state index in [1.165, 1.54) is 25.4 Å². The van der Waals surface area contributed by atoms with Gasteiger partial charge in [-0.3, -0.25) is 28.9 Å². The molecule has 288 valence electrons. The Morgan fingerprint density at radius 2 is 1.71 bits per heavy atom. The summed E-state index contributed by atoms with van der Waals surface area (Å²) in [6.45, 7) is 14.0. The monoisotopic (exact) mass is 740 g/mol. The van der Waals surface area contributed by atoms with Crippen molar-refractivity contribution in [1.29, 1.82) is 0 Å². The van der Waals surface area contributed by atoms with Crippen LogP contribution in [0.3, 0.4) is 0 Å². The first kappa shape index (κ1) is 42.6. The van der Waals surface area contributed by atoms with Gasteiger partial charge in [-0.15, -0.1) is 11.3 Å². The second kappa shape index (κ2) is 19.3. The van der Waals surface area contributed by atoms with Gasteiger partial charge in [-0.1, -0.05) is 71.4 Å². The number of likely N-dealkylation sites (tertiary alicyclic amines) is 1. The highest BCUT2D eigenvalue weighted by atomic mass is 32.1. The molecule has 2 aromatic rings. The van der Waals surface area contributed by atoms with E-state index < -0.39 is 23.5 Å². The van der Waals surface area contributed by atoms with Crippen molar-refractivity contribution >= 4 is 40.9 Å². The minimum absolute atomic E-state index is 0.00440. The molecule has 1 aliphatic heterocycles. The van der Waals surface area contributed by atoms with Gasteiger partial charge in [0, 0.05) is 31.4 Å². The molecule has 7 atom stereocenters. The highest BCUT2D eigenvalue weighted by molar-refractivity contribution is 7.09. The Hall–Kier alpha value is -3.84. The van der Waals surface area contributed by atoms with Gasteiger partial charge < -0.3 is 25.6 Å². The lowest BCUT2D eigenvalue weighted by Gasteiger charge is -2.38. The van der Waals surface area contributed by atoms with Crippen LogP contribution in [0.4, 0.5) is 0 Å². The summed E-state index contributed by atoms with van der Waals surface area (Å²) >= 11 is 1.27. The lowest BCUT2D eigenvalue weighted by molar-refractivity contribution is -0.145. The Morgan fingerprint density at radius 1 is 1.04 bits per heavy atom. The van der Waals surface area contributed by atoms with Gasteiger partial charge >= 0.3 is 5.97 Å². The Morgan fingerprint density at radius 3 is 2.27 bits per heavy atom. The van der Waals surface area contributed by atoms with E-state index in [2.05, 4.69) is 20.9 Å². The molecule has 0 aliphatic carbocycles. The number of carbonyl (C=O) groups is 5. The second-order valence-corrected chi connectivity index (χ2v) is 15.9. The lowest BCUT2D eigenvalue weighted by atomic mass is 9.91. The van der Waals surface area contributed by atoms with Crippen LogP contribution in [0, 0.1) is 17.8 Å². The summed E-state index contributed by atoms with van der Waals surface area (Å²) in [5.41, 5.74) is 0.548. The van der Waals surface area contributed by atoms with E-state index in [4.69, 9.17) is 4.74 Å². The molecule has 1 aromatic carbocycles. The van der Waals surface area contributed by atoms with Crippen molar-refractivity contribution in [3.63, 3.8) is 0 Å². The summed E-state index contributed by atoms with van der Waals surface area (Å²) in [4.78, 5) is 74.6. The molecule has 1 aromatic heterocycles. The third kappa shape index (κ3) is 11.1. The van der Waals surface area contributed by atoms with Crippen LogP contribution in [0.25, 0.3) is 0 Å². The Balaban J connectivity index is 1.83. The molecule has 0 saturated carbocycles. The van der Waals surface area contributed by atoms with Gasteiger partial charge in [0.05, 0.1) is 24.6 Å². The first-order valence-electron chi connectivity index (χ1n) is 18.5. The van der Waals surface area contributed by atoms with E-state index >= 15 is 0 Å². The normalized spacial score (nSPS) is 19.5. The Bertz CT molecular complexity index is 1520. The third-order valence-electron chi connectivity index (χ3n) is 10.7. The molecule has 0 radical (unpaired) electrons. The van der Waals surface area contributed by atoms with Gasteiger partial charge in [-0.2, -0.15) is 0 Å². The molecule has 4 amide bonds. The molecule has 1 aliphatic rings. The number of aromatic nitrogens is 1. The van der Waals surface area contributed by atoms with E-state index in [-0.39, 0.29) is 59.2 Å². The van der Waals surface area contributed by atoms with E-state index in [9.17, 15) is 24.0 Å². The molecular formula is C39H60N6O6S. The number of nitrogens with zero attached hydrogens (tertiary/aromatic N) is 3. The quantitative estimate of drug-likeness (QED) is 0.186. The van der Waals surface area contributed by atoms with Gasteiger partial charge in [0.2, 0.25) is 17.7 Å². The minimum atomic E-state index is -0.713. The fraction of sp³-hybridized carbons (Fsp3) is 0.641. The second-order valence-electron chi connectivity index (χ2n) is 15.0. The average Bonchev–Trinajstić information content (AvgIpc) is 3.74. The topological polar surface area (TPSA) is 150 Å². The van der Waals surface area contributed by atoms with Gasteiger partial charge in [0.15, 0.2) is 0 Å². The van der Waals surface area contributed by atoms with Crippen molar-refractivity contribution in [2.24, 2.45) is 17.8 Å². The molecule has 3 N–H and O–H groups in total. The summed E-state index contributed by atoms with van der Waals surface area (Å²) in [5, 5.41) is 11.4. The zero-order valence-electron chi connectivity index (χ0n) is 32.7. The number of benzene rings is 1.